The Labute approximate surface area is 166 Å². The Morgan fingerprint density at radius 1 is 1.11 bits per heavy atom. The van der Waals surface area contributed by atoms with Gasteiger partial charge in [0.15, 0.2) is 0 Å². The van der Waals surface area contributed by atoms with E-state index in [1.807, 2.05) is 36.0 Å². The van der Waals surface area contributed by atoms with Gasteiger partial charge in [-0.3, -0.25) is 0 Å². The summed E-state index contributed by atoms with van der Waals surface area (Å²) < 4.78 is 1.16. The third kappa shape index (κ3) is 3.68. The van der Waals surface area contributed by atoms with E-state index < -0.39 is 0 Å². The minimum atomic E-state index is 0.816. The fourth-order valence-electron chi connectivity index (χ4n) is 2.94. The minimum absolute atomic E-state index is 0.816. The third-order valence-electron chi connectivity index (χ3n) is 4.33. The first-order valence-corrected chi connectivity index (χ1v) is 10.8. The highest BCUT2D eigenvalue weighted by atomic mass is 32.2. The van der Waals surface area contributed by atoms with Gasteiger partial charge in [-0.1, -0.05) is 43.7 Å². The number of rotatable bonds is 6. The van der Waals surface area contributed by atoms with E-state index in [1.165, 1.54) is 12.8 Å². The summed E-state index contributed by atoms with van der Waals surface area (Å²) in [4.78, 5) is 14.2. The van der Waals surface area contributed by atoms with Crippen molar-refractivity contribution in [1.82, 2.24) is 15.0 Å². The van der Waals surface area contributed by atoms with E-state index in [0.717, 1.165) is 48.4 Å². The van der Waals surface area contributed by atoms with Gasteiger partial charge in [-0.05, 0) is 35.4 Å². The monoisotopic (exact) mass is 392 g/mol. The van der Waals surface area contributed by atoms with Gasteiger partial charge in [0.25, 0.3) is 0 Å². The molecule has 0 atom stereocenters. The number of hydrogen-bond acceptors (Lipinski definition) is 6. The maximum absolute atomic E-state index is 6.57. The Morgan fingerprint density at radius 3 is 2.70 bits per heavy atom. The molecule has 0 bridgehead atoms. The second kappa shape index (κ2) is 8.06. The molecule has 0 unspecified atom stereocenters. The van der Waals surface area contributed by atoms with E-state index in [2.05, 4.69) is 35.1 Å². The van der Waals surface area contributed by atoms with Crippen LogP contribution in [0.1, 0.15) is 19.8 Å². The van der Waals surface area contributed by atoms with Crippen LogP contribution in [0.3, 0.4) is 0 Å². The molecule has 0 aliphatic carbocycles. The third-order valence-corrected chi connectivity index (χ3v) is 6.80. The zero-order valence-electron chi connectivity index (χ0n) is 15.1. The summed E-state index contributed by atoms with van der Waals surface area (Å²) in [7, 11) is 0. The maximum Gasteiger partial charge on any atom is 0.127 e. The molecule has 4 aromatic rings. The Balaban J connectivity index is 1.91. The molecule has 0 spiro atoms. The summed E-state index contributed by atoms with van der Waals surface area (Å²) in [5, 5.41) is 1.04. The highest BCUT2D eigenvalue weighted by molar-refractivity contribution is 8.01. The largest absolute Gasteiger partial charge is 0.397 e. The van der Waals surface area contributed by atoms with Gasteiger partial charge in [-0.15, -0.1) is 23.1 Å². The lowest BCUT2D eigenvalue weighted by Crippen LogP contribution is -1.92. The normalized spacial score (nSPS) is 11.1. The predicted molar refractivity (Wildman–Crippen MR) is 116 cm³/mol. The fraction of sp³-hybridized carbons (Fsp3) is 0.190. The van der Waals surface area contributed by atoms with E-state index in [0.29, 0.717) is 0 Å². The first-order valence-electron chi connectivity index (χ1n) is 8.95. The Hall–Kier alpha value is -2.44. The van der Waals surface area contributed by atoms with E-state index in [9.17, 15) is 0 Å². The number of nitrogens with zero attached hydrogens (tertiary/aromatic N) is 3. The lowest BCUT2D eigenvalue weighted by molar-refractivity contribution is 0.897. The van der Waals surface area contributed by atoms with Gasteiger partial charge >= 0.3 is 0 Å². The zero-order valence-corrected chi connectivity index (χ0v) is 16.7. The Kier molecular flexibility index (Phi) is 5.36. The number of hydrogen-bond donors (Lipinski definition) is 1. The number of aromatic nitrogens is 3. The molecule has 4 nitrogen and oxygen atoms in total. The topological polar surface area (TPSA) is 64.7 Å². The van der Waals surface area contributed by atoms with Crippen molar-refractivity contribution in [2.45, 2.75) is 24.0 Å². The molecule has 0 saturated carbocycles. The molecule has 0 aliphatic rings. The molecule has 6 heteroatoms. The maximum atomic E-state index is 6.57. The number of pyridine rings is 1. The van der Waals surface area contributed by atoms with E-state index in [1.54, 1.807) is 23.9 Å². The first-order chi connectivity index (χ1) is 13.3. The number of thioether (sulfide) groups is 1. The summed E-state index contributed by atoms with van der Waals surface area (Å²) in [6.45, 7) is 2.21. The van der Waals surface area contributed by atoms with Gasteiger partial charge in [0.2, 0.25) is 0 Å². The summed E-state index contributed by atoms with van der Waals surface area (Å²) in [6, 6.07) is 14.3. The van der Waals surface area contributed by atoms with Crippen molar-refractivity contribution < 1.29 is 0 Å². The average molecular weight is 393 g/mol. The highest BCUT2D eigenvalue weighted by Gasteiger charge is 2.18. The molecule has 4 rings (SSSR count). The molecule has 0 amide bonds. The molecule has 0 radical (unpaired) electrons. The molecular weight excluding hydrogens is 372 g/mol. The number of thiophene rings is 1. The number of anilines is 1. The second-order valence-corrected chi connectivity index (χ2v) is 8.56. The van der Waals surface area contributed by atoms with E-state index >= 15 is 0 Å². The number of benzene rings is 1. The molecule has 0 aliphatic heterocycles. The molecule has 0 fully saturated rings. The lowest BCUT2D eigenvalue weighted by atomic mass is 10.0. The molecule has 27 heavy (non-hydrogen) atoms. The van der Waals surface area contributed by atoms with Crippen molar-refractivity contribution in [1.29, 1.82) is 0 Å². The van der Waals surface area contributed by atoms with Crippen molar-refractivity contribution in [3.63, 3.8) is 0 Å². The smallest absolute Gasteiger partial charge is 0.127 e. The quantitative estimate of drug-likeness (QED) is 0.327. The SMILES string of the molecule is CCCCSc1sc2nc(-c3ccncn3)cc(-c3ccccc3)c2c1N. The standard InChI is InChI=1S/C21H20N4S2/c1-2-3-11-26-21-19(22)18-15(14-7-5-4-6-8-14)12-17(25-20(18)27-21)16-9-10-23-13-24-16/h4-10,12-13H,2-3,11,22H2,1H3. The molecular formula is C21H20N4S2. The number of nitrogens with two attached hydrogens (primary N) is 1. The van der Waals surface area contributed by atoms with Crippen LogP contribution in [-0.4, -0.2) is 20.7 Å². The fourth-order valence-corrected chi connectivity index (χ4v) is 5.39. The van der Waals surface area contributed by atoms with Crippen LogP contribution in [0.25, 0.3) is 32.7 Å². The molecule has 2 N–H and O–H groups in total. The molecule has 1 aromatic carbocycles. The molecule has 3 heterocycles. The van der Waals surface area contributed by atoms with Gasteiger partial charge in [0.05, 0.1) is 21.3 Å². The van der Waals surface area contributed by atoms with Gasteiger partial charge in [-0.25, -0.2) is 15.0 Å². The molecule has 3 aromatic heterocycles. The van der Waals surface area contributed by atoms with Crippen molar-refractivity contribution in [2.24, 2.45) is 0 Å². The van der Waals surface area contributed by atoms with Gasteiger partial charge in [0.1, 0.15) is 11.2 Å². The van der Waals surface area contributed by atoms with Gasteiger partial charge in [0, 0.05) is 11.6 Å². The van der Waals surface area contributed by atoms with Crippen LogP contribution in [0, 0.1) is 0 Å². The van der Waals surface area contributed by atoms with Crippen molar-refractivity contribution >= 4 is 39.0 Å². The predicted octanol–water partition coefficient (Wildman–Crippen LogP) is 5.89. The van der Waals surface area contributed by atoms with Crippen LogP contribution < -0.4 is 5.73 Å². The van der Waals surface area contributed by atoms with Crippen molar-refractivity contribution in [3.05, 3.63) is 55.0 Å². The van der Waals surface area contributed by atoms with Crippen LogP contribution in [0.4, 0.5) is 5.69 Å². The zero-order chi connectivity index (χ0) is 18.6. The molecule has 0 saturated heterocycles. The highest BCUT2D eigenvalue weighted by Crippen LogP contribution is 2.45. The summed E-state index contributed by atoms with van der Waals surface area (Å²) >= 11 is 3.51. The first kappa shape index (κ1) is 17.9. The van der Waals surface area contributed by atoms with Gasteiger partial charge < -0.3 is 5.73 Å². The molecule has 136 valence electrons. The van der Waals surface area contributed by atoms with Gasteiger partial charge in [-0.2, -0.15) is 0 Å². The van der Waals surface area contributed by atoms with E-state index in [4.69, 9.17) is 10.7 Å². The van der Waals surface area contributed by atoms with Crippen LogP contribution in [0.15, 0.2) is 59.2 Å². The number of unbranched alkanes of at least 4 members (excludes halogenated alkanes) is 1. The van der Waals surface area contributed by atoms with Crippen molar-refractivity contribution in [3.8, 4) is 22.5 Å². The summed E-state index contributed by atoms with van der Waals surface area (Å²) in [5.74, 6) is 1.08. The average Bonchev–Trinajstić information content (AvgIpc) is 3.04. The van der Waals surface area contributed by atoms with E-state index in [-0.39, 0.29) is 0 Å². The Morgan fingerprint density at radius 2 is 1.96 bits per heavy atom. The second-order valence-electron chi connectivity index (χ2n) is 6.20. The van der Waals surface area contributed by atoms with Crippen molar-refractivity contribution in [2.75, 3.05) is 11.5 Å². The number of fused-ring (bicyclic) bond motifs is 1. The van der Waals surface area contributed by atoms with Crippen LogP contribution in [0.5, 0.6) is 0 Å². The van der Waals surface area contributed by atoms with Crippen LogP contribution >= 0.6 is 23.1 Å². The Bertz CT molecular complexity index is 1050. The minimum Gasteiger partial charge on any atom is -0.397 e. The van der Waals surface area contributed by atoms with Crippen LogP contribution in [0.2, 0.25) is 0 Å². The van der Waals surface area contributed by atoms with Crippen LogP contribution in [-0.2, 0) is 0 Å². The number of nitrogen functional groups attached to an aromatic ring is 1. The summed E-state index contributed by atoms with van der Waals surface area (Å²) in [5.41, 5.74) is 11.3. The summed E-state index contributed by atoms with van der Waals surface area (Å²) in [6.07, 6.45) is 5.66. The lowest BCUT2D eigenvalue weighted by Gasteiger charge is -2.08.